The van der Waals surface area contributed by atoms with Crippen molar-refractivity contribution in [1.82, 2.24) is 4.90 Å². The molecular weight excluding hydrogens is 372 g/mol. The van der Waals surface area contributed by atoms with Crippen LogP contribution in [0.25, 0.3) is 0 Å². The number of fused-ring (bicyclic) bond motifs is 1. The van der Waals surface area contributed by atoms with Gasteiger partial charge in [0.15, 0.2) is 0 Å². The summed E-state index contributed by atoms with van der Waals surface area (Å²) in [6.45, 7) is 1.85. The van der Waals surface area contributed by atoms with Crippen molar-refractivity contribution >= 4 is 29.1 Å². The van der Waals surface area contributed by atoms with E-state index in [1.165, 1.54) is 0 Å². The third-order valence-electron chi connectivity index (χ3n) is 4.96. The zero-order chi connectivity index (χ0) is 19.7. The standard InChI is InChI=1S/C23H19ClN2O2/c1-15-7-5-6-10-18(15)23(28)26-14-21(27)25-20-12-11-17(24)13-19(20)22(26)16-8-3-2-4-9-16/h2-13,22H,14H2,1H3,(H,25,27)/t22-/m0/s1. The molecule has 2 amide bonds. The van der Waals surface area contributed by atoms with Crippen LogP contribution in [0.4, 0.5) is 5.69 Å². The Bertz CT molecular complexity index is 1050. The van der Waals surface area contributed by atoms with E-state index in [2.05, 4.69) is 5.32 Å². The Morgan fingerprint density at radius 2 is 1.75 bits per heavy atom. The van der Waals surface area contributed by atoms with Crippen LogP contribution >= 0.6 is 11.6 Å². The first kappa shape index (κ1) is 18.3. The molecule has 140 valence electrons. The van der Waals surface area contributed by atoms with Gasteiger partial charge in [-0.2, -0.15) is 0 Å². The maximum Gasteiger partial charge on any atom is 0.255 e. The molecule has 3 aromatic carbocycles. The first-order valence-electron chi connectivity index (χ1n) is 9.05. The predicted octanol–water partition coefficient (Wildman–Crippen LogP) is 4.83. The van der Waals surface area contributed by atoms with Crippen molar-refractivity contribution in [2.24, 2.45) is 0 Å². The minimum Gasteiger partial charge on any atom is -0.324 e. The molecule has 1 N–H and O–H groups in total. The summed E-state index contributed by atoms with van der Waals surface area (Å²) in [5, 5.41) is 3.46. The van der Waals surface area contributed by atoms with Crippen molar-refractivity contribution in [2.45, 2.75) is 13.0 Å². The molecule has 0 aliphatic carbocycles. The summed E-state index contributed by atoms with van der Waals surface area (Å²) >= 11 is 6.27. The number of rotatable bonds is 2. The van der Waals surface area contributed by atoms with Crippen LogP contribution in [-0.2, 0) is 4.79 Å². The highest BCUT2D eigenvalue weighted by atomic mass is 35.5. The van der Waals surface area contributed by atoms with Crippen LogP contribution in [0, 0.1) is 6.92 Å². The Morgan fingerprint density at radius 3 is 2.50 bits per heavy atom. The molecule has 0 radical (unpaired) electrons. The molecule has 0 spiro atoms. The Hall–Kier alpha value is -3.11. The number of nitrogens with zero attached hydrogens (tertiary/aromatic N) is 1. The lowest BCUT2D eigenvalue weighted by Crippen LogP contribution is -2.39. The van der Waals surface area contributed by atoms with Crippen LogP contribution in [0.5, 0.6) is 0 Å². The van der Waals surface area contributed by atoms with Gasteiger partial charge in [-0.15, -0.1) is 0 Å². The van der Waals surface area contributed by atoms with Crippen molar-refractivity contribution in [2.75, 3.05) is 11.9 Å². The molecule has 1 heterocycles. The Balaban J connectivity index is 1.91. The smallest absolute Gasteiger partial charge is 0.255 e. The van der Waals surface area contributed by atoms with E-state index < -0.39 is 6.04 Å². The lowest BCUT2D eigenvalue weighted by Gasteiger charge is -2.31. The van der Waals surface area contributed by atoms with Gasteiger partial charge in [0, 0.05) is 21.8 Å². The number of amides is 2. The fourth-order valence-corrected chi connectivity index (χ4v) is 3.81. The number of carbonyl (C=O) groups is 2. The molecule has 0 fully saturated rings. The molecule has 4 rings (SSSR count). The number of hydrogen-bond donors (Lipinski definition) is 1. The summed E-state index contributed by atoms with van der Waals surface area (Å²) in [5.74, 6) is -0.418. The number of aryl methyl sites for hydroxylation is 1. The second-order valence-electron chi connectivity index (χ2n) is 6.84. The summed E-state index contributed by atoms with van der Waals surface area (Å²) < 4.78 is 0. The van der Waals surface area contributed by atoms with Gasteiger partial charge in [0.25, 0.3) is 5.91 Å². The number of halogens is 1. The molecule has 0 saturated carbocycles. The highest BCUT2D eigenvalue weighted by Crippen LogP contribution is 2.38. The van der Waals surface area contributed by atoms with Gasteiger partial charge in [-0.3, -0.25) is 9.59 Å². The highest BCUT2D eigenvalue weighted by Gasteiger charge is 2.34. The molecule has 5 heteroatoms. The number of hydrogen-bond acceptors (Lipinski definition) is 2. The van der Waals surface area contributed by atoms with E-state index in [1.807, 2.05) is 61.5 Å². The average molecular weight is 391 g/mol. The van der Waals surface area contributed by atoms with Crippen LogP contribution in [-0.4, -0.2) is 23.3 Å². The van der Waals surface area contributed by atoms with Crippen molar-refractivity contribution in [3.8, 4) is 0 Å². The van der Waals surface area contributed by atoms with Crippen molar-refractivity contribution in [1.29, 1.82) is 0 Å². The molecule has 0 unspecified atom stereocenters. The zero-order valence-corrected chi connectivity index (χ0v) is 16.1. The van der Waals surface area contributed by atoms with Crippen molar-refractivity contribution in [3.63, 3.8) is 0 Å². The SMILES string of the molecule is Cc1ccccc1C(=O)N1CC(=O)Nc2ccc(Cl)cc2[C@@H]1c1ccccc1. The van der Waals surface area contributed by atoms with E-state index in [9.17, 15) is 9.59 Å². The summed E-state index contributed by atoms with van der Waals surface area (Å²) in [6, 6.07) is 22.0. The van der Waals surface area contributed by atoms with Crippen LogP contribution in [0.2, 0.25) is 5.02 Å². The maximum absolute atomic E-state index is 13.5. The molecular formula is C23H19ClN2O2. The second-order valence-corrected chi connectivity index (χ2v) is 7.28. The highest BCUT2D eigenvalue weighted by molar-refractivity contribution is 6.30. The minimum atomic E-state index is -0.430. The van der Waals surface area contributed by atoms with Gasteiger partial charge in [0.05, 0.1) is 6.04 Å². The monoisotopic (exact) mass is 390 g/mol. The Labute approximate surface area is 168 Å². The normalized spacial score (nSPS) is 16.1. The van der Waals surface area contributed by atoms with Gasteiger partial charge in [-0.05, 0) is 42.3 Å². The summed E-state index contributed by atoms with van der Waals surface area (Å²) in [6.07, 6.45) is 0. The molecule has 4 nitrogen and oxygen atoms in total. The molecule has 1 aliphatic rings. The third-order valence-corrected chi connectivity index (χ3v) is 5.19. The average Bonchev–Trinajstić information content (AvgIpc) is 2.84. The van der Waals surface area contributed by atoms with E-state index in [-0.39, 0.29) is 18.4 Å². The molecule has 0 bridgehead atoms. The topological polar surface area (TPSA) is 49.4 Å². The molecule has 1 atom stereocenters. The fourth-order valence-electron chi connectivity index (χ4n) is 3.63. The van der Waals surface area contributed by atoms with E-state index in [0.717, 1.165) is 16.7 Å². The van der Waals surface area contributed by atoms with Gasteiger partial charge in [0.1, 0.15) is 6.54 Å². The van der Waals surface area contributed by atoms with E-state index in [0.29, 0.717) is 16.3 Å². The molecule has 1 aliphatic heterocycles. The third kappa shape index (κ3) is 3.39. The summed E-state index contributed by atoms with van der Waals surface area (Å²) in [4.78, 5) is 27.7. The molecule has 28 heavy (non-hydrogen) atoms. The predicted molar refractivity (Wildman–Crippen MR) is 111 cm³/mol. The quantitative estimate of drug-likeness (QED) is 0.681. The van der Waals surface area contributed by atoms with Gasteiger partial charge in [-0.25, -0.2) is 0 Å². The lowest BCUT2D eigenvalue weighted by atomic mass is 9.95. The van der Waals surface area contributed by atoms with E-state index >= 15 is 0 Å². The number of anilines is 1. The van der Waals surface area contributed by atoms with Gasteiger partial charge >= 0.3 is 0 Å². The van der Waals surface area contributed by atoms with Gasteiger partial charge in [-0.1, -0.05) is 60.1 Å². The first-order valence-corrected chi connectivity index (χ1v) is 9.43. The Morgan fingerprint density at radius 1 is 1.04 bits per heavy atom. The second kappa shape index (κ2) is 7.49. The van der Waals surface area contributed by atoms with Gasteiger partial charge in [0.2, 0.25) is 5.91 Å². The molecule has 0 aromatic heterocycles. The summed E-state index contributed by atoms with van der Waals surface area (Å²) in [5.41, 5.74) is 3.84. The van der Waals surface area contributed by atoms with Crippen LogP contribution < -0.4 is 5.32 Å². The van der Waals surface area contributed by atoms with Crippen LogP contribution in [0.3, 0.4) is 0 Å². The number of carbonyl (C=O) groups excluding carboxylic acids is 2. The lowest BCUT2D eigenvalue weighted by molar-refractivity contribution is -0.117. The molecule has 3 aromatic rings. The van der Waals surface area contributed by atoms with Crippen LogP contribution in [0.15, 0.2) is 72.8 Å². The summed E-state index contributed by atoms with van der Waals surface area (Å²) in [7, 11) is 0. The fraction of sp³-hybridized carbons (Fsp3) is 0.130. The van der Waals surface area contributed by atoms with E-state index in [4.69, 9.17) is 11.6 Å². The largest absolute Gasteiger partial charge is 0.324 e. The first-order chi connectivity index (χ1) is 13.5. The van der Waals surface area contributed by atoms with Gasteiger partial charge < -0.3 is 10.2 Å². The van der Waals surface area contributed by atoms with Crippen molar-refractivity contribution in [3.05, 3.63) is 100 Å². The molecule has 0 saturated heterocycles. The zero-order valence-electron chi connectivity index (χ0n) is 15.4. The minimum absolute atomic E-state index is 0.0426. The number of nitrogens with one attached hydrogen (secondary N) is 1. The Kier molecular flexibility index (Phi) is 4.88. The van der Waals surface area contributed by atoms with Crippen LogP contribution in [0.1, 0.15) is 33.1 Å². The van der Waals surface area contributed by atoms with Crippen molar-refractivity contribution < 1.29 is 9.59 Å². The van der Waals surface area contributed by atoms with E-state index in [1.54, 1.807) is 23.1 Å². The number of benzene rings is 3. The maximum atomic E-state index is 13.5.